The Morgan fingerprint density at radius 1 is 0.923 bits per heavy atom. The number of carbonyl (C=O) groups is 4. The van der Waals surface area contributed by atoms with Gasteiger partial charge in [0.1, 0.15) is 0 Å². The number of carbonyl (C=O) groups excluding carboxylic acids is 4. The molecule has 12 nitrogen and oxygen atoms in total. The molecule has 26 heavy (non-hydrogen) atoms. The average Bonchev–Trinajstić information content (AvgIpc) is 2.68. The molecule has 1 rings (SSSR count). The van der Waals surface area contributed by atoms with Crippen molar-refractivity contribution in [1.29, 1.82) is 0 Å². The lowest BCUT2D eigenvalue weighted by atomic mass is 10.0. The molecule has 0 spiro atoms. The van der Waals surface area contributed by atoms with Gasteiger partial charge in [0.05, 0.1) is 39.8 Å². The molecule has 0 heterocycles. The van der Waals surface area contributed by atoms with Crippen molar-refractivity contribution in [1.82, 2.24) is 15.4 Å². The highest BCUT2D eigenvalue weighted by Crippen LogP contribution is 2.16. The second-order valence-electron chi connectivity index (χ2n) is 4.70. The first-order valence-corrected chi connectivity index (χ1v) is 7.36. The van der Waals surface area contributed by atoms with Crippen LogP contribution in [0.1, 0.15) is 19.3 Å². The number of allylic oxidation sites excluding steroid dienone is 2. The van der Waals surface area contributed by atoms with Gasteiger partial charge in [-0.3, -0.25) is 5.43 Å². The van der Waals surface area contributed by atoms with Crippen molar-refractivity contribution in [2.45, 2.75) is 19.3 Å². The molecule has 0 aliphatic heterocycles. The van der Waals surface area contributed by atoms with E-state index in [4.69, 9.17) is 0 Å². The van der Waals surface area contributed by atoms with Gasteiger partial charge in [0.2, 0.25) is 0 Å². The zero-order chi connectivity index (χ0) is 19.7. The SMILES string of the molecule is COC(=O)N(/N=C1\CCCC=C1NN(C(=O)OC)C(=O)OC)C(=O)OC. The highest BCUT2D eigenvalue weighted by molar-refractivity contribution is 6.02. The van der Waals surface area contributed by atoms with Crippen LogP contribution in [0.3, 0.4) is 0 Å². The molecule has 0 aromatic carbocycles. The normalized spacial score (nSPS) is 14.6. The number of hydrazone groups is 1. The van der Waals surface area contributed by atoms with Crippen LogP contribution in [0.2, 0.25) is 0 Å². The van der Waals surface area contributed by atoms with Gasteiger partial charge in [-0.1, -0.05) is 11.1 Å². The minimum Gasteiger partial charge on any atom is -0.451 e. The van der Waals surface area contributed by atoms with E-state index in [0.29, 0.717) is 29.3 Å². The van der Waals surface area contributed by atoms with Gasteiger partial charge in [0, 0.05) is 0 Å². The first-order valence-electron chi connectivity index (χ1n) is 7.36. The third-order valence-electron chi connectivity index (χ3n) is 3.14. The molecule has 0 aromatic heterocycles. The molecule has 0 atom stereocenters. The van der Waals surface area contributed by atoms with E-state index in [9.17, 15) is 19.2 Å². The number of ether oxygens (including phenoxy) is 4. The van der Waals surface area contributed by atoms with Crippen LogP contribution in [0.25, 0.3) is 0 Å². The summed E-state index contributed by atoms with van der Waals surface area (Å²) in [6, 6.07) is 0. The van der Waals surface area contributed by atoms with Crippen molar-refractivity contribution in [3.63, 3.8) is 0 Å². The Labute approximate surface area is 149 Å². The average molecular weight is 372 g/mol. The van der Waals surface area contributed by atoms with E-state index < -0.39 is 24.4 Å². The second kappa shape index (κ2) is 9.86. The summed E-state index contributed by atoms with van der Waals surface area (Å²) in [6.45, 7) is 0. The van der Waals surface area contributed by atoms with Gasteiger partial charge in [-0.2, -0.15) is 5.10 Å². The van der Waals surface area contributed by atoms with Gasteiger partial charge in [-0.05, 0) is 19.3 Å². The van der Waals surface area contributed by atoms with Crippen molar-refractivity contribution < 1.29 is 38.1 Å². The number of amides is 4. The molecule has 1 N–H and O–H groups in total. The van der Waals surface area contributed by atoms with Crippen LogP contribution >= 0.6 is 0 Å². The fourth-order valence-electron chi connectivity index (χ4n) is 1.90. The third-order valence-corrected chi connectivity index (χ3v) is 3.14. The highest BCUT2D eigenvalue weighted by Gasteiger charge is 2.29. The van der Waals surface area contributed by atoms with Crippen molar-refractivity contribution >= 4 is 30.1 Å². The van der Waals surface area contributed by atoms with E-state index in [1.54, 1.807) is 6.08 Å². The van der Waals surface area contributed by atoms with Gasteiger partial charge in [0.15, 0.2) is 0 Å². The van der Waals surface area contributed by atoms with E-state index in [2.05, 4.69) is 29.5 Å². The summed E-state index contributed by atoms with van der Waals surface area (Å²) in [5.41, 5.74) is 2.94. The quantitative estimate of drug-likeness (QED) is 0.578. The van der Waals surface area contributed by atoms with Crippen molar-refractivity contribution in [3.8, 4) is 0 Å². The van der Waals surface area contributed by atoms with Crippen LogP contribution < -0.4 is 5.43 Å². The van der Waals surface area contributed by atoms with Gasteiger partial charge >= 0.3 is 24.4 Å². The van der Waals surface area contributed by atoms with Crippen molar-refractivity contribution in [3.05, 3.63) is 11.8 Å². The Kier molecular flexibility index (Phi) is 7.86. The monoisotopic (exact) mass is 372 g/mol. The van der Waals surface area contributed by atoms with Crippen molar-refractivity contribution in [2.75, 3.05) is 28.4 Å². The fourth-order valence-corrected chi connectivity index (χ4v) is 1.90. The number of imide groups is 2. The molecule has 0 radical (unpaired) electrons. The number of hydrogen-bond donors (Lipinski definition) is 1. The van der Waals surface area contributed by atoms with Crippen LogP contribution in [0.4, 0.5) is 19.2 Å². The van der Waals surface area contributed by atoms with Gasteiger partial charge in [-0.25, -0.2) is 19.2 Å². The second-order valence-corrected chi connectivity index (χ2v) is 4.70. The molecule has 0 bridgehead atoms. The maximum Gasteiger partial charge on any atom is 0.440 e. The van der Waals surface area contributed by atoms with Crippen LogP contribution in [0.5, 0.6) is 0 Å². The molecule has 0 aromatic rings. The topological polar surface area (TPSA) is 136 Å². The fraction of sp³-hybridized carbons (Fsp3) is 0.500. The van der Waals surface area contributed by atoms with E-state index in [0.717, 1.165) is 28.4 Å². The molecule has 0 saturated carbocycles. The molecule has 12 heteroatoms. The minimum absolute atomic E-state index is 0.213. The summed E-state index contributed by atoms with van der Waals surface area (Å²) >= 11 is 0. The molecule has 1 aliphatic rings. The zero-order valence-corrected chi connectivity index (χ0v) is 14.8. The van der Waals surface area contributed by atoms with E-state index in [1.165, 1.54) is 0 Å². The number of nitrogens with zero attached hydrogens (tertiary/aromatic N) is 3. The first kappa shape index (κ1) is 20.7. The molecule has 0 saturated heterocycles. The maximum absolute atomic E-state index is 11.7. The van der Waals surface area contributed by atoms with Gasteiger partial charge in [0.25, 0.3) is 0 Å². The standard InChI is InChI=1S/C14H20N4O8/c1-23-11(19)17(12(20)24-2)15-9-7-5-6-8-10(9)16-18(13(21)25-3)14(22)26-4/h7,15H,5-6,8H2,1-4H3/b16-10+. The number of methoxy groups -OCH3 is 4. The summed E-state index contributed by atoms with van der Waals surface area (Å²) in [4.78, 5) is 46.9. The predicted octanol–water partition coefficient (Wildman–Crippen LogP) is 1.58. The zero-order valence-electron chi connectivity index (χ0n) is 14.8. The number of hydrogen-bond acceptors (Lipinski definition) is 10. The minimum atomic E-state index is -1.06. The van der Waals surface area contributed by atoms with Crippen molar-refractivity contribution in [2.24, 2.45) is 5.10 Å². The smallest absolute Gasteiger partial charge is 0.440 e. The first-order chi connectivity index (χ1) is 12.4. The highest BCUT2D eigenvalue weighted by atomic mass is 16.6. The summed E-state index contributed by atoms with van der Waals surface area (Å²) in [5, 5.41) is 4.79. The lowest BCUT2D eigenvalue weighted by Gasteiger charge is -2.24. The third kappa shape index (κ3) is 5.09. The van der Waals surface area contributed by atoms with Gasteiger partial charge in [-0.15, -0.1) is 5.01 Å². The Morgan fingerprint density at radius 3 is 1.88 bits per heavy atom. The molecule has 1 aliphatic carbocycles. The van der Waals surface area contributed by atoms with Crippen LogP contribution in [-0.4, -0.2) is 68.5 Å². The van der Waals surface area contributed by atoms with Crippen LogP contribution in [-0.2, 0) is 18.9 Å². The van der Waals surface area contributed by atoms with Crippen LogP contribution in [0, 0.1) is 0 Å². The molecular formula is C14H20N4O8. The largest absolute Gasteiger partial charge is 0.451 e. The van der Waals surface area contributed by atoms with E-state index in [1.807, 2.05) is 0 Å². The molecule has 144 valence electrons. The molecular weight excluding hydrogens is 352 g/mol. The molecule has 0 fully saturated rings. The summed E-state index contributed by atoms with van der Waals surface area (Å²) in [6.07, 6.45) is -0.932. The summed E-state index contributed by atoms with van der Waals surface area (Å²) in [7, 11) is 4.32. The Morgan fingerprint density at radius 2 is 1.42 bits per heavy atom. The summed E-state index contributed by atoms with van der Waals surface area (Å²) in [5.74, 6) is 0. The number of hydrazine groups is 1. The van der Waals surface area contributed by atoms with E-state index >= 15 is 0 Å². The predicted molar refractivity (Wildman–Crippen MR) is 85.8 cm³/mol. The maximum atomic E-state index is 11.7. The summed E-state index contributed by atoms with van der Waals surface area (Å²) < 4.78 is 18.0. The lowest BCUT2D eigenvalue weighted by molar-refractivity contribution is 0.0851. The Balaban J connectivity index is 3.17. The lowest BCUT2D eigenvalue weighted by Crippen LogP contribution is -2.48. The number of nitrogens with one attached hydrogen (secondary N) is 1. The molecule has 0 unspecified atom stereocenters. The van der Waals surface area contributed by atoms with Crippen LogP contribution in [0.15, 0.2) is 16.9 Å². The van der Waals surface area contributed by atoms with E-state index in [-0.39, 0.29) is 11.4 Å². The van der Waals surface area contributed by atoms with Gasteiger partial charge < -0.3 is 18.9 Å². The Bertz CT molecular complexity index is 598. The Hall–Kier alpha value is -3.31. The number of rotatable bonds is 3. The molecule has 4 amide bonds.